The molecule has 3 aromatic heterocycles. The second-order valence-corrected chi connectivity index (χ2v) is 8.59. The molecule has 168 valence electrons. The lowest BCUT2D eigenvalue weighted by atomic mass is 10.2. The average molecular weight is 436 g/mol. The number of rotatable bonds is 7. The Morgan fingerprint density at radius 1 is 1.09 bits per heavy atom. The lowest BCUT2D eigenvalue weighted by Crippen LogP contribution is -2.27. The lowest BCUT2D eigenvalue weighted by molar-refractivity contribution is 0.232. The Morgan fingerprint density at radius 2 is 1.91 bits per heavy atom. The van der Waals surface area contributed by atoms with Crippen molar-refractivity contribution in [1.82, 2.24) is 24.4 Å². The molecule has 4 heterocycles. The van der Waals surface area contributed by atoms with Crippen molar-refractivity contribution >= 4 is 28.4 Å². The topological polar surface area (TPSA) is 111 Å². The minimum atomic E-state index is -0.175. The number of aromatic nitrogens is 4. The Bertz CT molecular complexity index is 1130. The van der Waals surface area contributed by atoms with Gasteiger partial charge >= 0.3 is 0 Å². The molecule has 0 atom stereocenters. The number of nitrogens with one attached hydrogen (secondary N) is 1. The lowest BCUT2D eigenvalue weighted by Gasteiger charge is -2.17. The minimum absolute atomic E-state index is 0.134. The van der Waals surface area contributed by atoms with Crippen molar-refractivity contribution < 1.29 is 4.74 Å². The molecule has 9 heteroatoms. The largest absolute Gasteiger partial charge is 0.476 e. The number of hydrogen-bond donors (Lipinski definition) is 2. The summed E-state index contributed by atoms with van der Waals surface area (Å²) in [4.78, 5) is 28.6. The van der Waals surface area contributed by atoms with Crippen LogP contribution >= 0.6 is 0 Å². The molecule has 0 spiro atoms. The fourth-order valence-electron chi connectivity index (χ4n) is 4.66. The standard InChI is InChI=1S/C23H29N7O2/c24-19-13-16-14-26-23(28-21(16)30(22(19)31)18-5-1-2-6-18)27-17-7-8-20(25-15-17)32-12-11-29-9-3-4-10-29/h7-8,13-15,18H,1-6,9-12,24H2,(H,26,27,28). The van der Waals surface area contributed by atoms with Crippen LogP contribution in [-0.4, -0.2) is 50.7 Å². The fraction of sp³-hybridized carbons (Fsp3) is 0.478. The molecule has 0 radical (unpaired) electrons. The number of likely N-dealkylation sites (tertiary alicyclic amines) is 1. The Kier molecular flexibility index (Phi) is 5.89. The van der Waals surface area contributed by atoms with Crippen LogP contribution < -0.4 is 21.3 Å². The van der Waals surface area contributed by atoms with Gasteiger partial charge in [-0.1, -0.05) is 12.8 Å². The van der Waals surface area contributed by atoms with E-state index in [2.05, 4.69) is 25.2 Å². The number of pyridine rings is 2. The number of hydrogen-bond acceptors (Lipinski definition) is 8. The van der Waals surface area contributed by atoms with Gasteiger partial charge in [-0.2, -0.15) is 4.98 Å². The molecule has 5 rings (SSSR count). The molecule has 1 aliphatic heterocycles. The van der Waals surface area contributed by atoms with Crippen LogP contribution in [0.4, 0.5) is 17.3 Å². The first kappa shape index (κ1) is 20.7. The molecule has 2 aliphatic rings. The molecule has 3 aromatic rings. The summed E-state index contributed by atoms with van der Waals surface area (Å²) in [5, 5.41) is 3.94. The first-order chi connectivity index (χ1) is 15.7. The number of ether oxygens (including phenoxy) is 1. The van der Waals surface area contributed by atoms with E-state index in [4.69, 9.17) is 10.5 Å². The summed E-state index contributed by atoms with van der Waals surface area (Å²) in [6.07, 6.45) is 10.1. The number of nitrogens with two attached hydrogens (primary N) is 1. The van der Waals surface area contributed by atoms with Gasteiger partial charge in [0, 0.05) is 30.2 Å². The van der Waals surface area contributed by atoms with Crippen LogP contribution in [0.3, 0.4) is 0 Å². The summed E-state index contributed by atoms with van der Waals surface area (Å²) in [5.74, 6) is 1.01. The quantitative estimate of drug-likeness (QED) is 0.582. The van der Waals surface area contributed by atoms with Crippen LogP contribution in [-0.2, 0) is 0 Å². The van der Waals surface area contributed by atoms with Crippen LogP contribution in [0.25, 0.3) is 11.0 Å². The van der Waals surface area contributed by atoms with E-state index in [1.165, 1.54) is 12.8 Å². The van der Waals surface area contributed by atoms with E-state index in [9.17, 15) is 4.79 Å². The normalized spacial score (nSPS) is 17.2. The van der Waals surface area contributed by atoms with Crippen molar-refractivity contribution in [3.63, 3.8) is 0 Å². The zero-order valence-electron chi connectivity index (χ0n) is 18.2. The van der Waals surface area contributed by atoms with E-state index < -0.39 is 0 Å². The number of fused-ring (bicyclic) bond motifs is 1. The van der Waals surface area contributed by atoms with Gasteiger partial charge in [0.05, 0.1) is 17.6 Å². The summed E-state index contributed by atoms with van der Waals surface area (Å²) in [6, 6.07) is 5.51. The second-order valence-electron chi connectivity index (χ2n) is 8.59. The summed E-state index contributed by atoms with van der Waals surface area (Å²) in [5.41, 5.74) is 7.40. The zero-order chi connectivity index (χ0) is 21.9. The van der Waals surface area contributed by atoms with Gasteiger partial charge < -0.3 is 15.8 Å². The monoisotopic (exact) mass is 435 g/mol. The zero-order valence-corrected chi connectivity index (χ0v) is 18.2. The van der Waals surface area contributed by atoms with Gasteiger partial charge in [-0.3, -0.25) is 14.3 Å². The third-order valence-corrected chi connectivity index (χ3v) is 6.34. The number of anilines is 3. The fourth-order valence-corrected chi connectivity index (χ4v) is 4.66. The van der Waals surface area contributed by atoms with Crippen molar-refractivity contribution in [2.75, 3.05) is 37.3 Å². The van der Waals surface area contributed by atoms with Crippen LogP contribution in [0.5, 0.6) is 5.88 Å². The molecule has 1 aliphatic carbocycles. The number of nitrogens with zero attached hydrogens (tertiary/aromatic N) is 5. The van der Waals surface area contributed by atoms with E-state index in [0.717, 1.165) is 56.4 Å². The van der Waals surface area contributed by atoms with Crippen molar-refractivity contribution in [3.05, 3.63) is 40.9 Å². The van der Waals surface area contributed by atoms with Crippen molar-refractivity contribution in [1.29, 1.82) is 0 Å². The molecular weight excluding hydrogens is 406 g/mol. The van der Waals surface area contributed by atoms with Gasteiger partial charge in [0.25, 0.3) is 5.56 Å². The Morgan fingerprint density at radius 3 is 2.66 bits per heavy atom. The van der Waals surface area contributed by atoms with Gasteiger partial charge in [-0.25, -0.2) is 9.97 Å². The molecule has 1 saturated heterocycles. The summed E-state index contributed by atoms with van der Waals surface area (Å²) < 4.78 is 7.52. The van der Waals surface area contributed by atoms with Gasteiger partial charge in [-0.05, 0) is 50.9 Å². The average Bonchev–Trinajstić information content (AvgIpc) is 3.51. The molecule has 2 fully saturated rings. The molecule has 0 aromatic carbocycles. The molecule has 3 N–H and O–H groups in total. The summed E-state index contributed by atoms with van der Waals surface area (Å²) in [7, 11) is 0. The van der Waals surface area contributed by atoms with Crippen molar-refractivity contribution in [3.8, 4) is 5.88 Å². The Labute approximate surface area is 186 Å². The second kappa shape index (κ2) is 9.12. The maximum Gasteiger partial charge on any atom is 0.275 e. The maximum absolute atomic E-state index is 12.8. The highest BCUT2D eigenvalue weighted by Crippen LogP contribution is 2.31. The van der Waals surface area contributed by atoms with Gasteiger partial charge in [0.2, 0.25) is 11.8 Å². The smallest absolute Gasteiger partial charge is 0.275 e. The molecule has 0 unspecified atom stereocenters. The van der Waals surface area contributed by atoms with E-state index >= 15 is 0 Å². The highest BCUT2D eigenvalue weighted by Gasteiger charge is 2.22. The highest BCUT2D eigenvalue weighted by molar-refractivity contribution is 5.79. The van der Waals surface area contributed by atoms with Crippen LogP contribution in [0.2, 0.25) is 0 Å². The van der Waals surface area contributed by atoms with Crippen LogP contribution in [0, 0.1) is 0 Å². The van der Waals surface area contributed by atoms with E-state index in [1.807, 2.05) is 12.1 Å². The Hall–Kier alpha value is -3.20. The molecular formula is C23H29N7O2. The van der Waals surface area contributed by atoms with E-state index in [0.29, 0.717) is 24.1 Å². The predicted octanol–water partition coefficient (Wildman–Crippen LogP) is 3.10. The molecule has 1 saturated carbocycles. The summed E-state index contributed by atoms with van der Waals surface area (Å²) >= 11 is 0. The SMILES string of the molecule is Nc1cc2cnc(Nc3ccc(OCCN4CCCC4)nc3)nc2n(C2CCCC2)c1=O. The van der Waals surface area contributed by atoms with E-state index in [1.54, 1.807) is 23.0 Å². The summed E-state index contributed by atoms with van der Waals surface area (Å²) in [6.45, 7) is 3.88. The first-order valence-corrected chi connectivity index (χ1v) is 11.4. The molecule has 9 nitrogen and oxygen atoms in total. The third kappa shape index (κ3) is 4.38. The molecule has 32 heavy (non-hydrogen) atoms. The third-order valence-electron chi connectivity index (χ3n) is 6.34. The highest BCUT2D eigenvalue weighted by atomic mass is 16.5. The van der Waals surface area contributed by atoms with E-state index in [-0.39, 0.29) is 17.3 Å². The van der Waals surface area contributed by atoms with Crippen molar-refractivity contribution in [2.45, 2.75) is 44.6 Å². The minimum Gasteiger partial charge on any atom is -0.476 e. The van der Waals surface area contributed by atoms with Gasteiger partial charge in [-0.15, -0.1) is 0 Å². The first-order valence-electron chi connectivity index (χ1n) is 11.4. The predicted molar refractivity (Wildman–Crippen MR) is 124 cm³/mol. The van der Waals surface area contributed by atoms with Gasteiger partial charge in [0.15, 0.2) is 0 Å². The van der Waals surface area contributed by atoms with Crippen LogP contribution in [0.1, 0.15) is 44.6 Å². The molecule has 0 amide bonds. The van der Waals surface area contributed by atoms with Crippen LogP contribution in [0.15, 0.2) is 35.4 Å². The number of nitrogen functional groups attached to an aromatic ring is 1. The molecule has 0 bridgehead atoms. The Balaban J connectivity index is 1.31. The van der Waals surface area contributed by atoms with Gasteiger partial charge in [0.1, 0.15) is 12.3 Å². The maximum atomic E-state index is 12.8. The van der Waals surface area contributed by atoms with Crippen molar-refractivity contribution in [2.24, 2.45) is 0 Å².